The van der Waals surface area contributed by atoms with E-state index < -0.39 is 24.0 Å². The molecule has 1 aliphatic carbocycles. The van der Waals surface area contributed by atoms with Crippen LogP contribution in [0.25, 0.3) is 11.1 Å². The summed E-state index contributed by atoms with van der Waals surface area (Å²) in [5, 5.41) is 13.8. The molecular formula is C24H20Cl2N4O5. The normalized spacial score (nSPS) is 12.9. The van der Waals surface area contributed by atoms with Gasteiger partial charge >= 0.3 is 12.1 Å². The van der Waals surface area contributed by atoms with E-state index in [0.29, 0.717) is 0 Å². The second-order valence-corrected chi connectivity index (χ2v) is 8.51. The molecule has 0 saturated carbocycles. The molecule has 1 aliphatic rings. The second-order valence-electron chi connectivity index (χ2n) is 7.79. The van der Waals surface area contributed by atoms with E-state index in [1.54, 1.807) is 0 Å². The molecule has 0 bridgehead atoms. The van der Waals surface area contributed by atoms with Gasteiger partial charge in [-0.25, -0.2) is 14.8 Å². The monoisotopic (exact) mass is 514 g/mol. The molecule has 0 aliphatic heterocycles. The van der Waals surface area contributed by atoms with Gasteiger partial charge in [-0.2, -0.15) is 0 Å². The van der Waals surface area contributed by atoms with E-state index in [0.717, 1.165) is 22.3 Å². The molecule has 1 aromatic heterocycles. The Bertz CT molecular complexity index is 1220. The maximum Gasteiger partial charge on any atom is 0.407 e. The Morgan fingerprint density at radius 3 is 2.23 bits per heavy atom. The van der Waals surface area contributed by atoms with Crippen molar-refractivity contribution in [1.82, 2.24) is 15.3 Å². The van der Waals surface area contributed by atoms with E-state index in [9.17, 15) is 14.4 Å². The summed E-state index contributed by atoms with van der Waals surface area (Å²) in [6.07, 6.45) is -1.37. The van der Waals surface area contributed by atoms with Crippen LogP contribution < -0.4 is 10.6 Å². The SMILES string of the molecule is O=C(O)CCC(NC(=O)OCC1c2ccccc2-c2ccccc21)C(=O)Nc1cc(Cl)nc(Cl)n1. The fourth-order valence-electron chi connectivity index (χ4n) is 3.99. The number of carboxylic acid groups (broad SMARTS) is 1. The molecule has 180 valence electrons. The molecule has 2 amide bonds. The number of amides is 2. The molecule has 1 unspecified atom stereocenters. The maximum atomic E-state index is 12.8. The van der Waals surface area contributed by atoms with E-state index in [2.05, 4.69) is 20.6 Å². The van der Waals surface area contributed by atoms with Crippen molar-refractivity contribution in [1.29, 1.82) is 0 Å². The third-order valence-corrected chi connectivity index (χ3v) is 5.88. The number of halogens is 2. The van der Waals surface area contributed by atoms with Crippen LogP contribution in [-0.2, 0) is 14.3 Å². The Kier molecular flexibility index (Phi) is 7.48. The fraction of sp³-hybridized carbons (Fsp3) is 0.208. The first-order valence-corrected chi connectivity index (χ1v) is 11.4. The molecular weight excluding hydrogens is 495 g/mol. The van der Waals surface area contributed by atoms with Crippen molar-refractivity contribution in [3.63, 3.8) is 0 Å². The number of nitrogens with zero attached hydrogens (tertiary/aromatic N) is 2. The lowest BCUT2D eigenvalue weighted by molar-refractivity contribution is -0.137. The molecule has 2 aromatic carbocycles. The standard InChI is InChI=1S/C24H20Cl2N4O5/c25-19-11-20(30-23(26)28-19)29-22(33)18(9-10-21(31)32)27-24(34)35-12-17-15-7-3-1-5-13(15)14-6-2-4-8-16(14)17/h1-8,11,17-18H,9-10,12H2,(H,27,34)(H,31,32)(H,28,29,30,33). The lowest BCUT2D eigenvalue weighted by Crippen LogP contribution is -2.44. The quantitative estimate of drug-likeness (QED) is 0.298. The number of fused-ring (bicyclic) bond motifs is 3. The van der Waals surface area contributed by atoms with Gasteiger partial charge in [-0.15, -0.1) is 0 Å². The van der Waals surface area contributed by atoms with Gasteiger partial charge in [-0.3, -0.25) is 9.59 Å². The third-order valence-electron chi connectivity index (χ3n) is 5.52. The second kappa shape index (κ2) is 10.7. The number of benzene rings is 2. The first-order valence-electron chi connectivity index (χ1n) is 10.7. The molecule has 35 heavy (non-hydrogen) atoms. The van der Waals surface area contributed by atoms with Gasteiger partial charge in [0.15, 0.2) is 0 Å². The Hall–Kier alpha value is -3.69. The number of alkyl carbamates (subject to hydrolysis) is 1. The van der Waals surface area contributed by atoms with Gasteiger partial charge in [0.1, 0.15) is 23.6 Å². The van der Waals surface area contributed by atoms with E-state index in [1.807, 2.05) is 48.5 Å². The van der Waals surface area contributed by atoms with Crippen LogP contribution >= 0.6 is 23.2 Å². The number of rotatable bonds is 8. The summed E-state index contributed by atoms with van der Waals surface area (Å²) in [6, 6.07) is 15.8. The highest BCUT2D eigenvalue weighted by Gasteiger charge is 2.30. The average Bonchev–Trinajstić information content (AvgIpc) is 3.13. The third kappa shape index (κ3) is 5.87. The molecule has 0 spiro atoms. The number of hydrogen-bond donors (Lipinski definition) is 3. The van der Waals surface area contributed by atoms with Gasteiger partial charge in [0, 0.05) is 18.4 Å². The molecule has 11 heteroatoms. The zero-order chi connectivity index (χ0) is 24.9. The molecule has 3 N–H and O–H groups in total. The highest BCUT2D eigenvalue weighted by Crippen LogP contribution is 2.44. The summed E-state index contributed by atoms with van der Waals surface area (Å²) in [7, 11) is 0. The Morgan fingerprint density at radius 2 is 1.63 bits per heavy atom. The molecule has 3 aromatic rings. The summed E-state index contributed by atoms with van der Waals surface area (Å²) >= 11 is 11.6. The van der Waals surface area contributed by atoms with Gasteiger partial charge in [-0.05, 0) is 40.3 Å². The zero-order valence-corrected chi connectivity index (χ0v) is 19.7. The summed E-state index contributed by atoms with van der Waals surface area (Å²) < 4.78 is 5.47. The molecule has 9 nitrogen and oxygen atoms in total. The minimum absolute atomic E-state index is 0.00637. The van der Waals surface area contributed by atoms with Crippen LogP contribution in [0.2, 0.25) is 10.4 Å². The topological polar surface area (TPSA) is 131 Å². The summed E-state index contributed by atoms with van der Waals surface area (Å²) in [6.45, 7) is 0.0459. The van der Waals surface area contributed by atoms with Crippen LogP contribution in [0, 0.1) is 0 Å². The number of carbonyl (C=O) groups excluding carboxylic acids is 2. The highest BCUT2D eigenvalue weighted by molar-refractivity contribution is 6.32. The largest absolute Gasteiger partial charge is 0.481 e. The van der Waals surface area contributed by atoms with Crippen molar-refractivity contribution in [2.45, 2.75) is 24.8 Å². The molecule has 1 atom stereocenters. The predicted molar refractivity (Wildman–Crippen MR) is 130 cm³/mol. The van der Waals surface area contributed by atoms with Crippen LogP contribution in [0.3, 0.4) is 0 Å². The molecule has 0 saturated heterocycles. The van der Waals surface area contributed by atoms with E-state index >= 15 is 0 Å². The number of ether oxygens (including phenoxy) is 1. The van der Waals surface area contributed by atoms with Crippen LogP contribution in [0.1, 0.15) is 29.9 Å². The lowest BCUT2D eigenvalue weighted by Gasteiger charge is -2.19. The predicted octanol–water partition coefficient (Wildman–Crippen LogP) is 4.49. The Labute approximate surface area is 210 Å². The van der Waals surface area contributed by atoms with Gasteiger partial charge in [0.05, 0.1) is 0 Å². The smallest absolute Gasteiger partial charge is 0.407 e. The van der Waals surface area contributed by atoms with Crippen molar-refractivity contribution in [2.75, 3.05) is 11.9 Å². The molecule has 4 rings (SSSR count). The van der Waals surface area contributed by atoms with Crippen LogP contribution in [0.15, 0.2) is 54.6 Å². The average molecular weight is 515 g/mol. The highest BCUT2D eigenvalue weighted by atomic mass is 35.5. The number of hydrogen-bond acceptors (Lipinski definition) is 6. The maximum absolute atomic E-state index is 12.8. The minimum atomic E-state index is -1.20. The van der Waals surface area contributed by atoms with Crippen molar-refractivity contribution < 1.29 is 24.2 Å². The summed E-state index contributed by atoms with van der Waals surface area (Å²) in [5.41, 5.74) is 4.24. The van der Waals surface area contributed by atoms with Gasteiger partial charge in [0.2, 0.25) is 11.2 Å². The first kappa shape index (κ1) is 24.4. The number of aromatic nitrogens is 2. The number of carboxylic acids is 1. The van der Waals surface area contributed by atoms with E-state index in [1.165, 1.54) is 6.07 Å². The first-order chi connectivity index (χ1) is 16.8. The van der Waals surface area contributed by atoms with Gasteiger partial charge < -0.3 is 20.5 Å². The summed E-state index contributed by atoms with van der Waals surface area (Å²) in [5.74, 6) is -1.98. The molecule has 0 radical (unpaired) electrons. The van der Waals surface area contributed by atoms with Crippen LogP contribution in [0.4, 0.5) is 10.6 Å². The minimum Gasteiger partial charge on any atom is -0.481 e. The Balaban J connectivity index is 1.43. The number of aliphatic carboxylic acids is 1. The van der Waals surface area contributed by atoms with Crippen molar-refractivity contribution in [2.24, 2.45) is 0 Å². The zero-order valence-electron chi connectivity index (χ0n) is 18.2. The van der Waals surface area contributed by atoms with Crippen LogP contribution in [-0.4, -0.2) is 45.7 Å². The van der Waals surface area contributed by atoms with Crippen molar-refractivity contribution >= 4 is 47.0 Å². The molecule has 1 heterocycles. The van der Waals surface area contributed by atoms with E-state index in [4.69, 9.17) is 33.0 Å². The van der Waals surface area contributed by atoms with Crippen molar-refractivity contribution in [3.8, 4) is 11.1 Å². The van der Waals surface area contributed by atoms with Gasteiger partial charge in [0.25, 0.3) is 0 Å². The lowest BCUT2D eigenvalue weighted by atomic mass is 9.98. The van der Waals surface area contributed by atoms with Crippen LogP contribution in [0.5, 0.6) is 0 Å². The number of carbonyl (C=O) groups is 3. The summed E-state index contributed by atoms with van der Waals surface area (Å²) in [4.78, 5) is 44.0. The van der Waals surface area contributed by atoms with E-state index in [-0.39, 0.29) is 41.6 Å². The number of anilines is 1. The Morgan fingerprint density at radius 1 is 1.00 bits per heavy atom. The number of nitrogens with one attached hydrogen (secondary N) is 2. The molecule has 0 fully saturated rings. The van der Waals surface area contributed by atoms with Gasteiger partial charge in [-0.1, -0.05) is 60.1 Å². The van der Waals surface area contributed by atoms with Crippen molar-refractivity contribution in [3.05, 3.63) is 76.2 Å². The fourth-order valence-corrected chi connectivity index (χ4v) is 4.40.